The number of aliphatic hydroxyl groups excluding tert-OH is 1. The van der Waals surface area contributed by atoms with Gasteiger partial charge in [-0.15, -0.1) is 0 Å². The molecule has 1 atom stereocenters. The van der Waals surface area contributed by atoms with Gasteiger partial charge in [0.05, 0.1) is 12.6 Å². The van der Waals surface area contributed by atoms with Crippen LogP contribution in [0.25, 0.3) is 0 Å². The molecule has 17 heavy (non-hydrogen) atoms. The molecule has 1 fully saturated rings. The Bertz CT molecular complexity index is 242. The van der Waals surface area contributed by atoms with Gasteiger partial charge in [-0.1, -0.05) is 13.8 Å². The Kier molecular flexibility index (Phi) is 5.40. The summed E-state index contributed by atoms with van der Waals surface area (Å²) in [5.41, 5.74) is -0.204. The first-order valence-corrected chi connectivity index (χ1v) is 6.76. The maximum atomic E-state index is 11.9. The summed E-state index contributed by atoms with van der Waals surface area (Å²) in [6.45, 7) is 6.14. The van der Waals surface area contributed by atoms with Gasteiger partial charge in [-0.05, 0) is 39.0 Å². The number of carbonyl (C=O) groups is 1. The lowest BCUT2D eigenvalue weighted by atomic mass is 9.77. The molecule has 1 aliphatic carbocycles. The highest BCUT2D eigenvalue weighted by Gasteiger charge is 2.38. The summed E-state index contributed by atoms with van der Waals surface area (Å²) in [6.07, 6.45) is 4.98. The van der Waals surface area contributed by atoms with Crippen molar-refractivity contribution in [1.82, 2.24) is 10.6 Å². The van der Waals surface area contributed by atoms with Crippen molar-refractivity contribution in [2.45, 2.75) is 70.5 Å². The Morgan fingerprint density at radius 3 is 2.29 bits per heavy atom. The number of aliphatic hydroxyl groups is 1. The smallest absolute Gasteiger partial charge is 0.237 e. The predicted octanol–water partition coefficient (Wildman–Crippen LogP) is 1.18. The first-order chi connectivity index (χ1) is 8.06. The first-order valence-electron chi connectivity index (χ1n) is 6.76. The minimum atomic E-state index is -0.233. The van der Waals surface area contributed by atoms with Crippen molar-refractivity contribution in [2.75, 3.05) is 6.61 Å². The van der Waals surface area contributed by atoms with E-state index in [2.05, 4.69) is 24.5 Å². The van der Waals surface area contributed by atoms with E-state index in [0.29, 0.717) is 0 Å². The third-order valence-corrected chi connectivity index (χ3v) is 3.86. The second-order valence-corrected chi connectivity index (χ2v) is 5.18. The molecule has 0 aromatic heterocycles. The van der Waals surface area contributed by atoms with Crippen LogP contribution in [-0.2, 0) is 4.79 Å². The fourth-order valence-electron chi connectivity index (χ4n) is 2.30. The average Bonchev–Trinajstić information content (AvgIpc) is 2.30. The molecule has 0 heterocycles. The van der Waals surface area contributed by atoms with Crippen molar-refractivity contribution in [2.24, 2.45) is 0 Å². The number of rotatable bonds is 7. The molecule has 0 saturated heterocycles. The van der Waals surface area contributed by atoms with E-state index in [0.717, 1.165) is 32.1 Å². The Morgan fingerprint density at radius 2 is 1.94 bits per heavy atom. The van der Waals surface area contributed by atoms with Crippen molar-refractivity contribution >= 4 is 5.91 Å². The summed E-state index contributed by atoms with van der Waals surface area (Å²) >= 11 is 0. The van der Waals surface area contributed by atoms with Gasteiger partial charge in [-0.25, -0.2) is 0 Å². The molecule has 1 aliphatic rings. The van der Waals surface area contributed by atoms with Gasteiger partial charge < -0.3 is 10.4 Å². The molecule has 1 saturated carbocycles. The monoisotopic (exact) mass is 242 g/mol. The van der Waals surface area contributed by atoms with Gasteiger partial charge in [0.25, 0.3) is 0 Å². The Hall–Kier alpha value is -0.610. The highest BCUT2D eigenvalue weighted by Crippen LogP contribution is 2.31. The van der Waals surface area contributed by atoms with Crippen molar-refractivity contribution in [3.63, 3.8) is 0 Å². The summed E-state index contributed by atoms with van der Waals surface area (Å²) in [5.74, 6) is 0.0402. The third kappa shape index (κ3) is 3.68. The summed E-state index contributed by atoms with van der Waals surface area (Å²) in [5, 5.41) is 15.6. The lowest BCUT2D eigenvalue weighted by molar-refractivity contribution is -0.124. The summed E-state index contributed by atoms with van der Waals surface area (Å²) in [4.78, 5) is 11.9. The molecule has 0 spiro atoms. The zero-order chi connectivity index (χ0) is 12.9. The summed E-state index contributed by atoms with van der Waals surface area (Å²) in [7, 11) is 0. The first kappa shape index (κ1) is 14.5. The van der Waals surface area contributed by atoms with Crippen molar-refractivity contribution in [3.05, 3.63) is 0 Å². The van der Waals surface area contributed by atoms with Gasteiger partial charge in [0, 0.05) is 11.6 Å². The fourth-order valence-corrected chi connectivity index (χ4v) is 2.30. The zero-order valence-corrected chi connectivity index (χ0v) is 11.3. The minimum absolute atomic E-state index is 0.0402. The molecule has 1 rings (SSSR count). The van der Waals surface area contributed by atoms with Crippen LogP contribution in [0.1, 0.15) is 52.9 Å². The van der Waals surface area contributed by atoms with Crippen molar-refractivity contribution < 1.29 is 9.90 Å². The van der Waals surface area contributed by atoms with Crippen LogP contribution in [-0.4, -0.2) is 35.2 Å². The highest BCUT2D eigenvalue weighted by atomic mass is 16.3. The van der Waals surface area contributed by atoms with E-state index in [1.807, 2.05) is 6.92 Å². The number of amides is 1. The van der Waals surface area contributed by atoms with Gasteiger partial charge in [-0.3, -0.25) is 10.1 Å². The van der Waals surface area contributed by atoms with E-state index >= 15 is 0 Å². The van der Waals surface area contributed by atoms with E-state index < -0.39 is 0 Å². The van der Waals surface area contributed by atoms with E-state index in [4.69, 9.17) is 0 Å². The fraction of sp³-hybridized carbons (Fsp3) is 0.923. The quantitative estimate of drug-likeness (QED) is 0.628. The average molecular weight is 242 g/mol. The second-order valence-electron chi connectivity index (χ2n) is 5.18. The van der Waals surface area contributed by atoms with Crippen LogP contribution in [0.5, 0.6) is 0 Å². The largest absolute Gasteiger partial charge is 0.394 e. The van der Waals surface area contributed by atoms with E-state index in [1.165, 1.54) is 0 Å². The van der Waals surface area contributed by atoms with Crippen LogP contribution >= 0.6 is 0 Å². The normalized spacial score (nSPS) is 19.8. The number of nitrogens with one attached hydrogen (secondary N) is 2. The van der Waals surface area contributed by atoms with Crippen LogP contribution in [0.4, 0.5) is 0 Å². The molecular weight excluding hydrogens is 216 g/mol. The van der Waals surface area contributed by atoms with Crippen LogP contribution in [0.3, 0.4) is 0 Å². The number of hydrogen-bond donors (Lipinski definition) is 3. The maximum absolute atomic E-state index is 11.9. The summed E-state index contributed by atoms with van der Waals surface area (Å²) < 4.78 is 0. The van der Waals surface area contributed by atoms with Crippen molar-refractivity contribution in [3.8, 4) is 0 Å². The van der Waals surface area contributed by atoms with Gasteiger partial charge in [-0.2, -0.15) is 0 Å². The lowest BCUT2D eigenvalue weighted by Gasteiger charge is -2.43. The lowest BCUT2D eigenvalue weighted by Crippen LogP contribution is -2.60. The molecule has 0 bridgehead atoms. The minimum Gasteiger partial charge on any atom is -0.394 e. The van der Waals surface area contributed by atoms with Crippen LogP contribution in [0, 0.1) is 0 Å². The molecule has 3 N–H and O–H groups in total. The SMILES string of the molecule is CCC(CC)NC(=O)C(C)NC1(CO)CCC1. The van der Waals surface area contributed by atoms with Gasteiger partial charge in [0.15, 0.2) is 0 Å². The molecular formula is C13H26N2O2. The van der Waals surface area contributed by atoms with Crippen molar-refractivity contribution in [1.29, 1.82) is 0 Å². The molecule has 0 radical (unpaired) electrons. The van der Waals surface area contributed by atoms with E-state index in [-0.39, 0.29) is 30.1 Å². The molecule has 0 aliphatic heterocycles. The van der Waals surface area contributed by atoms with E-state index in [9.17, 15) is 9.90 Å². The summed E-state index contributed by atoms with van der Waals surface area (Å²) in [6, 6.07) is 0.0290. The van der Waals surface area contributed by atoms with Gasteiger partial charge in [0.2, 0.25) is 5.91 Å². The molecule has 1 amide bonds. The second kappa shape index (κ2) is 6.36. The molecule has 4 nitrogen and oxygen atoms in total. The van der Waals surface area contributed by atoms with Crippen LogP contribution < -0.4 is 10.6 Å². The predicted molar refractivity (Wildman–Crippen MR) is 68.8 cm³/mol. The molecule has 0 aromatic carbocycles. The number of carbonyl (C=O) groups excluding carboxylic acids is 1. The molecule has 0 aromatic rings. The number of hydrogen-bond acceptors (Lipinski definition) is 3. The molecule has 4 heteroatoms. The Morgan fingerprint density at radius 1 is 1.35 bits per heavy atom. The Balaban J connectivity index is 2.41. The highest BCUT2D eigenvalue weighted by molar-refractivity contribution is 5.81. The third-order valence-electron chi connectivity index (χ3n) is 3.86. The van der Waals surface area contributed by atoms with E-state index in [1.54, 1.807) is 0 Å². The maximum Gasteiger partial charge on any atom is 0.237 e. The molecule has 1 unspecified atom stereocenters. The topological polar surface area (TPSA) is 61.4 Å². The standard InChI is InChI=1S/C13H26N2O2/c1-4-11(5-2)14-12(17)10(3)15-13(9-16)7-6-8-13/h10-11,15-16H,4-9H2,1-3H3,(H,14,17). The van der Waals surface area contributed by atoms with Crippen LogP contribution in [0.15, 0.2) is 0 Å². The van der Waals surface area contributed by atoms with Gasteiger partial charge >= 0.3 is 0 Å². The zero-order valence-electron chi connectivity index (χ0n) is 11.3. The van der Waals surface area contributed by atoms with Crippen LogP contribution in [0.2, 0.25) is 0 Å². The molecule has 100 valence electrons. The van der Waals surface area contributed by atoms with Gasteiger partial charge in [0.1, 0.15) is 0 Å². The Labute approximate surface area is 104 Å².